The monoisotopic (exact) mass is 228 g/mol. The molecule has 0 bridgehead atoms. The van der Waals surface area contributed by atoms with Crippen LogP contribution in [-0.4, -0.2) is 12.5 Å². The van der Waals surface area contributed by atoms with E-state index in [4.69, 9.17) is 0 Å². The van der Waals surface area contributed by atoms with Crippen LogP contribution in [0.15, 0.2) is 18.2 Å². The molecule has 0 heterocycles. The fourth-order valence-electron chi connectivity index (χ4n) is 2.13. The van der Waals surface area contributed by atoms with Crippen molar-refractivity contribution in [3.63, 3.8) is 0 Å². The summed E-state index contributed by atoms with van der Waals surface area (Å²) in [6.45, 7) is 0. The zero-order chi connectivity index (χ0) is 11.8. The lowest BCUT2D eigenvalue weighted by Crippen LogP contribution is -2.22. The quantitative estimate of drug-likeness (QED) is 0.711. The molecule has 0 radical (unpaired) electrons. The van der Waals surface area contributed by atoms with Gasteiger partial charge in [0, 0.05) is 0 Å². The summed E-state index contributed by atoms with van der Waals surface area (Å²) >= 11 is 0. The van der Waals surface area contributed by atoms with Gasteiger partial charge < -0.3 is 4.79 Å². The molecule has 0 amide bonds. The molecule has 0 aliphatic heterocycles. The second kappa shape index (κ2) is 3.92. The number of fused-ring (bicyclic) bond motifs is 1. The van der Waals surface area contributed by atoms with E-state index in [-0.39, 0.29) is 11.8 Å². The number of hydrogen-bond donors (Lipinski definition) is 0. The molecule has 0 spiro atoms. The Labute approximate surface area is 91.3 Å². The number of hydrogen-bond acceptors (Lipinski definition) is 1. The standard InChI is InChI=1S/C12H11F3O/c13-12(14,15)11(7-16)10-5-4-8-2-1-3-9(8)6-10/h4-7,11H,1-3H2. The molecule has 4 heteroatoms. The normalized spacial score (nSPS) is 16.9. The molecule has 0 aromatic heterocycles. The second-order valence-corrected chi connectivity index (χ2v) is 4.04. The molecule has 0 N–H and O–H groups in total. The van der Waals surface area contributed by atoms with Gasteiger partial charge in [-0.2, -0.15) is 13.2 Å². The fourth-order valence-corrected chi connectivity index (χ4v) is 2.13. The Bertz CT molecular complexity index is 409. The third-order valence-corrected chi connectivity index (χ3v) is 2.97. The number of carbonyl (C=O) groups is 1. The minimum atomic E-state index is -4.49. The lowest BCUT2D eigenvalue weighted by molar-refractivity contribution is -0.155. The first-order valence-electron chi connectivity index (χ1n) is 5.16. The van der Waals surface area contributed by atoms with Crippen LogP contribution in [0.25, 0.3) is 0 Å². The van der Waals surface area contributed by atoms with Gasteiger partial charge in [-0.15, -0.1) is 0 Å². The minimum Gasteiger partial charge on any atom is -0.302 e. The Balaban J connectivity index is 2.36. The maximum atomic E-state index is 12.5. The summed E-state index contributed by atoms with van der Waals surface area (Å²) in [6.07, 6.45) is -1.80. The third-order valence-electron chi connectivity index (χ3n) is 2.97. The van der Waals surface area contributed by atoms with Gasteiger partial charge in [0.1, 0.15) is 12.2 Å². The summed E-state index contributed by atoms with van der Waals surface area (Å²) in [5.74, 6) is -1.99. The highest BCUT2D eigenvalue weighted by molar-refractivity contribution is 5.64. The van der Waals surface area contributed by atoms with Gasteiger partial charge in [-0.05, 0) is 36.0 Å². The lowest BCUT2D eigenvalue weighted by Gasteiger charge is -2.15. The van der Waals surface area contributed by atoms with Gasteiger partial charge in [0.2, 0.25) is 0 Å². The summed E-state index contributed by atoms with van der Waals surface area (Å²) in [6, 6.07) is 4.64. The first kappa shape index (κ1) is 11.2. The average Bonchev–Trinajstić information content (AvgIpc) is 2.63. The Morgan fingerprint density at radius 3 is 2.50 bits per heavy atom. The molecule has 16 heavy (non-hydrogen) atoms. The maximum Gasteiger partial charge on any atom is 0.402 e. The van der Waals surface area contributed by atoms with Gasteiger partial charge in [0.15, 0.2) is 0 Å². The third kappa shape index (κ3) is 1.96. The van der Waals surface area contributed by atoms with E-state index in [0.717, 1.165) is 30.4 Å². The number of carbonyl (C=O) groups excluding carboxylic acids is 1. The van der Waals surface area contributed by atoms with E-state index in [1.165, 1.54) is 12.1 Å². The highest BCUT2D eigenvalue weighted by Gasteiger charge is 2.40. The van der Waals surface area contributed by atoms with Gasteiger partial charge in [0.25, 0.3) is 0 Å². The molecule has 1 aromatic carbocycles. The lowest BCUT2D eigenvalue weighted by atomic mass is 9.96. The van der Waals surface area contributed by atoms with Gasteiger partial charge in [-0.3, -0.25) is 0 Å². The Morgan fingerprint density at radius 1 is 1.19 bits per heavy atom. The summed E-state index contributed by atoms with van der Waals surface area (Å²) < 4.78 is 37.6. The van der Waals surface area contributed by atoms with Crippen LogP contribution >= 0.6 is 0 Å². The zero-order valence-electron chi connectivity index (χ0n) is 8.55. The molecule has 1 nitrogen and oxygen atoms in total. The molecule has 1 aromatic rings. The fraction of sp³-hybridized carbons (Fsp3) is 0.417. The van der Waals surface area contributed by atoms with E-state index in [0.29, 0.717) is 0 Å². The van der Waals surface area contributed by atoms with Crippen LogP contribution in [0.3, 0.4) is 0 Å². The Kier molecular flexibility index (Phi) is 2.74. The number of aryl methyl sites for hydroxylation is 2. The van der Waals surface area contributed by atoms with Crippen LogP contribution in [0.4, 0.5) is 13.2 Å². The largest absolute Gasteiger partial charge is 0.402 e. The average molecular weight is 228 g/mol. The number of alkyl halides is 3. The van der Waals surface area contributed by atoms with E-state index < -0.39 is 12.1 Å². The molecule has 1 unspecified atom stereocenters. The van der Waals surface area contributed by atoms with Crippen molar-refractivity contribution < 1.29 is 18.0 Å². The molecule has 86 valence electrons. The summed E-state index contributed by atoms with van der Waals surface area (Å²) in [7, 11) is 0. The van der Waals surface area contributed by atoms with Crippen LogP contribution in [0.5, 0.6) is 0 Å². The minimum absolute atomic E-state index is 0.0311. The number of halogens is 3. The molecular weight excluding hydrogens is 217 g/mol. The van der Waals surface area contributed by atoms with Gasteiger partial charge in [-0.1, -0.05) is 18.2 Å². The molecule has 1 atom stereocenters. The highest BCUT2D eigenvalue weighted by atomic mass is 19.4. The van der Waals surface area contributed by atoms with Crippen molar-refractivity contribution >= 4 is 6.29 Å². The van der Waals surface area contributed by atoms with Gasteiger partial charge >= 0.3 is 6.18 Å². The predicted molar refractivity (Wildman–Crippen MR) is 53.3 cm³/mol. The van der Waals surface area contributed by atoms with Crippen molar-refractivity contribution in [2.75, 3.05) is 0 Å². The van der Waals surface area contributed by atoms with Gasteiger partial charge in [0.05, 0.1) is 0 Å². The smallest absolute Gasteiger partial charge is 0.302 e. The van der Waals surface area contributed by atoms with E-state index in [2.05, 4.69) is 0 Å². The SMILES string of the molecule is O=CC(c1ccc2c(c1)CCC2)C(F)(F)F. The topological polar surface area (TPSA) is 17.1 Å². The summed E-state index contributed by atoms with van der Waals surface area (Å²) in [5, 5.41) is 0. The van der Waals surface area contributed by atoms with Crippen molar-refractivity contribution in [3.8, 4) is 0 Å². The summed E-state index contributed by atoms with van der Waals surface area (Å²) in [4.78, 5) is 10.5. The van der Waals surface area contributed by atoms with Crippen molar-refractivity contribution in [1.82, 2.24) is 0 Å². The maximum absolute atomic E-state index is 12.5. The van der Waals surface area contributed by atoms with E-state index in [9.17, 15) is 18.0 Å². The van der Waals surface area contributed by atoms with Crippen LogP contribution in [0.1, 0.15) is 29.0 Å². The van der Waals surface area contributed by atoms with Crippen LogP contribution in [0, 0.1) is 0 Å². The summed E-state index contributed by atoms with van der Waals surface area (Å²) in [5.41, 5.74) is 2.12. The van der Waals surface area contributed by atoms with Crippen LogP contribution in [-0.2, 0) is 17.6 Å². The van der Waals surface area contributed by atoms with E-state index >= 15 is 0 Å². The van der Waals surface area contributed by atoms with Crippen molar-refractivity contribution in [1.29, 1.82) is 0 Å². The van der Waals surface area contributed by atoms with E-state index in [1.807, 2.05) is 0 Å². The molecule has 2 rings (SSSR count). The number of rotatable bonds is 2. The molecular formula is C12H11F3O. The highest BCUT2D eigenvalue weighted by Crippen LogP contribution is 2.35. The number of aldehydes is 1. The predicted octanol–water partition coefficient (Wildman–Crippen LogP) is 3.02. The van der Waals surface area contributed by atoms with E-state index in [1.54, 1.807) is 6.07 Å². The van der Waals surface area contributed by atoms with Crippen LogP contribution in [0.2, 0.25) is 0 Å². The Hall–Kier alpha value is -1.32. The molecule has 0 saturated carbocycles. The van der Waals surface area contributed by atoms with Crippen molar-refractivity contribution in [2.45, 2.75) is 31.4 Å². The number of benzene rings is 1. The molecule has 1 aliphatic rings. The second-order valence-electron chi connectivity index (χ2n) is 4.04. The first-order valence-corrected chi connectivity index (χ1v) is 5.16. The zero-order valence-corrected chi connectivity index (χ0v) is 8.55. The first-order chi connectivity index (χ1) is 7.52. The van der Waals surface area contributed by atoms with Crippen molar-refractivity contribution in [2.24, 2.45) is 0 Å². The molecule has 1 aliphatic carbocycles. The molecule has 0 fully saturated rings. The Morgan fingerprint density at radius 2 is 1.88 bits per heavy atom. The molecule has 0 saturated heterocycles. The van der Waals surface area contributed by atoms with Crippen LogP contribution < -0.4 is 0 Å². The van der Waals surface area contributed by atoms with Gasteiger partial charge in [-0.25, -0.2) is 0 Å². The van der Waals surface area contributed by atoms with Crippen molar-refractivity contribution in [3.05, 3.63) is 34.9 Å².